The summed E-state index contributed by atoms with van der Waals surface area (Å²) < 4.78 is 0. The summed E-state index contributed by atoms with van der Waals surface area (Å²) in [4.78, 5) is 1.27. The monoisotopic (exact) mass is 286 g/mol. The van der Waals surface area contributed by atoms with E-state index in [1.807, 2.05) is 6.07 Å². The van der Waals surface area contributed by atoms with Gasteiger partial charge in [-0.25, -0.2) is 0 Å². The van der Waals surface area contributed by atoms with E-state index in [4.69, 9.17) is 0 Å². The van der Waals surface area contributed by atoms with E-state index in [1.165, 1.54) is 16.0 Å². The molecule has 106 valence electrons. The van der Waals surface area contributed by atoms with Crippen LogP contribution in [0, 0.1) is 6.92 Å². The highest BCUT2D eigenvalue weighted by atomic mass is 32.2. The first kappa shape index (κ1) is 15.1. The van der Waals surface area contributed by atoms with Crippen molar-refractivity contribution < 1.29 is 5.11 Å². The first-order chi connectivity index (χ1) is 9.75. The topological polar surface area (TPSA) is 20.2 Å². The Morgan fingerprint density at radius 3 is 2.45 bits per heavy atom. The van der Waals surface area contributed by atoms with E-state index in [0.717, 1.165) is 25.0 Å². The Hall–Kier alpha value is -1.25. The largest absolute Gasteiger partial charge is 0.392 e. The van der Waals surface area contributed by atoms with Crippen molar-refractivity contribution in [2.24, 2.45) is 0 Å². The van der Waals surface area contributed by atoms with Crippen molar-refractivity contribution in [1.29, 1.82) is 0 Å². The average molecular weight is 286 g/mol. The van der Waals surface area contributed by atoms with Crippen molar-refractivity contribution in [1.82, 2.24) is 0 Å². The van der Waals surface area contributed by atoms with Crippen molar-refractivity contribution in [2.75, 3.05) is 5.75 Å². The molecule has 1 nitrogen and oxygen atoms in total. The van der Waals surface area contributed by atoms with Gasteiger partial charge < -0.3 is 5.11 Å². The lowest BCUT2D eigenvalue weighted by Gasteiger charge is -2.11. The molecule has 0 aliphatic carbocycles. The standard InChI is InChI=1S/C18H22OS/c1-15-8-5-6-13-18(15)20-14-17(19)12-7-11-16-9-3-2-4-10-16/h2-6,8-10,13,17,19H,7,11-12,14H2,1H3. The first-order valence-electron chi connectivity index (χ1n) is 7.16. The van der Waals surface area contributed by atoms with Crippen LogP contribution in [0.1, 0.15) is 24.0 Å². The molecule has 0 radical (unpaired) electrons. The van der Waals surface area contributed by atoms with Crippen LogP contribution >= 0.6 is 11.8 Å². The number of rotatable bonds is 7. The molecule has 1 atom stereocenters. The van der Waals surface area contributed by atoms with Gasteiger partial charge in [0.25, 0.3) is 0 Å². The van der Waals surface area contributed by atoms with E-state index in [0.29, 0.717) is 0 Å². The molecule has 0 heterocycles. The molecule has 20 heavy (non-hydrogen) atoms. The van der Waals surface area contributed by atoms with Crippen molar-refractivity contribution >= 4 is 11.8 Å². The highest BCUT2D eigenvalue weighted by Crippen LogP contribution is 2.23. The zero-order valence-electron chi connectivity index (χ0n) is 12.0. The fourth-order valence-corrected chi connectivity index (χ4v) is 3.18. The van der Waals surface area contributed by atoms with E-state index < -0.39 is 0 Å². The Kier molecular flexibility index (Phi) is 6.16. The Bertz CT molecular complexity index is 510. The number of hydrogen-bond acceptors (Lipinski definition) is 2. The number of aryl methyl sites for hydroxylation is 2. The summed E-state index contributed by atoms with van der Waals surface area (Å²) in [5.74, 6) is 0.777. The van der Waals surface area contributed by atoms with Crippen molar-refractivity contribution in [3.63, 3.8) is 0 Å². The lowest BCUT2D eigenvalue weighted by atomic mass is 10.1. The first-order valence-corrected chi connectivity index (χ1v) is 8.14. The van der Waals surface area contributed by atoms with E-state index in [-0.39, 0.29) is 6.10 Å². The summed E-state index contributed by atoms with van der Waals surface area (Å²) in [5.41, 5.74) is 2.64. The normalized spacial score (nSPS) is 12.3. The van der Waals surface area contributed by atoms with E-state index in [9.17, 15) is 5.11 Å². The van der Waals surface area contributed by atoms with Crippen LogP contribution in [-0.2, 0) is 6.42 Å². The summed E-state index contributed by atoms with van der Waals surface area (Å²) in [5, 5.41) is 10.1. The van der Waals surface area contributed by atoms with E-state index in [1.54, 1.807) is 11.8 Å². The lowest BCUT2D eigenvalue weighted by molar-refractivity contribution is 0.186. The molecule has 1 N–H and O–H groups in total. The molecule has 0 fully saturated rings. The Balaban J connectivity index is 1.68. The molecule has 0 saturated carbocycles. The van der Waals surface area contributed by atoms with Crippen LogP contribution in [0.25, 0.3) is 0 Å². The van der Waals surface area contributed by atoms with Gasteiger partial charge in [0.1, 0.15) is 0 Å². The molecule has 0 aliphatic rings. The average Bonchev–Trinajstić information content (AvgIpc) is 2.47. The van der Waals surface area contributed by atoms with Crippen LogP contribution in [0.3, 0.4) is 0 Å². The van der Waals surface area contributed by atoms with Gasteiger partial charge in [-0.2, -0.15) is 0 Å². The van der Waals surface area contributed by atoms with Gasteiger partial charge >= 0.3 is 0 Å². The van der Waals surface area contributed by atoms with Gasteiger partial charge in [-0.1, -0.05) is 48.5 Å². The van der Waals surface area contributed by atoms with Crippen molar-refractivity contribution in [3.05, 3.63) is 65.7 Å². The highest BCUT2D eigenvalue weighted by molar-refractivity contribution is 7.99. The summed E-state index contributed by atoms with van der Waals surface area (Å²) >= 11 is 1.75. The van der Waals surface area contributed by atoms with Gasteiger partial charge in [0.05, 0.1) is 6.10 Å². The Morgan fingerprint density at radius 1 is 1.00 bits per heavy atom. The summed E-state index contributed by atoms with van der Waals surface area (Å²) in [6, 6.07) is 18.8. The maximum atomic E-state index is 10.1. The zero-order chi connectivity index (χ0) is 14.2. The Labute approximate surface area is 126 Å². The summed E-state index contributed by atoms with van der Waals surface area (Å²) in [7, 11) is 0. The van der Waals surface area contributed by atoms with Gasteiger partial charge in [-0.05, 0) is 43.4 Å². The predicted octanol–water partition coefficient (Wildman–Crippen LogP) is 4.47. The third-order valence-corrected chi connectivity index (χ3v) is 4.69. The lowest BCUT2D eigenvalue weighted by Crippen LogP contribution is -2.10. The zero-order valence-corrected chi connectivity index (χ0v) is 12.8. The minimum Gasteiger partial charge on any atom is -0.392 e. The highest BCUT2D eigenvalue weighted by Gasteiger charge is 2.06. The number of benzene rings is 2. The van der Waals surface area contributed by atoms with Crippen LogP contribution < -0.4 is 0 Å². The summed E-state index contributed by atoms with van der Waals surface area (Å²) in [6.07, 6.45) is 2.74. The molecule has 2 rings (SSSR count). The fraction of sp³-hybridized carbons (Fsp3) is 0.333. The number of hydrogen-bond donors (Lipinski definition) is 1. The second kappa shape index (κ2) is 8.13. The van der Waals surface area contributed by atoms with Crippen LogP contribution in [0.15, 0.2) is 59.5 Å². The Morgan fingerprint density at radius 2 is 1.70 bits per heavy atom. The van der Waals surface area contributed by atoms with Gasteiger partial charge in [0.15, 0.2) is 0 Å². The van der Waals surface area contributed by atoms with Crippen molar-refractivity contribution in [3.8, 4) is 0 Å². The molecule has 0 bridgehead atoms. The maximum Gasteiger partial charge on any atom is 0.0634 e. The smallest absolute Gasteiger partial charge is 0.0634 e. The molecule has 0 amide bonds. The third-order valence-electron chi connectivity index (χ3n) is 3.37. The molecule has 2 heteroatoms. The fourth-order valence-electron chi connectivity index (χ4n) is 2.17. The molecule has 0 spiro atoms. The minimum atomic E-state index is -0.219. The molecule has 1 unspecified atom stereocenters. The number of aliphatic hydroxyl groups excluding tert-OH is 1. The third kappa shape index (κ3) is 5.03. The quantitative estimate of drug-likeness (QED) is 0.758. The van der Waals surface area contributed by atoms with Crippen LogP contribution in [-0.4, -0.2) is 17.0 Å². The van der Waals surface area contributed by atoms with Crippen LogP contribution in [0.2, 0.25) is 0 Å². The van der Waals surface area contributed by atoms with Gasteiger partial charge in [0.2, 0.25) is 0 Å². The van der Waals surface area contributed by atoms with Gasteiger partial charge in [0, 0.05) is 10.6 Å². The van der Waals surface area contributed by atoms with Crippen LogP contribution in [0.4, 0.5) is 0 Å². The van der Waals surface area contributed by atoms with Crippen LogP contribution in [0.5, 0.6) is 0 Å². The SMILES string of the molecule is Cc1ccccc1SCC(O)CCCc1ccccc1. The molecule has 0 saturated heterocycles. The van der Waals surface area contributed by atoms with E-state index >= 15 is 0 Å². The summed E-state index contributed by atoms with van der Waals surface area (Å²) in [6.45, 7) is 2.12. The number of aliphatic hydroxyl groups is 1. The maximum absolute atomic E-state index is 10.1. The molecule has 2 aromatic rings. The van der Waals surface area contributed by atoms with Gasteiger partial charge in [-0.15, -0.1) is 11.8 Å². The molecule has 0 aromatic heterocycles. The second-order valence-electron chi connectivity index (χ2n) is 5.11. The predicted molar refractivity (Wildman–Crippen MR) is 87.3 cm³/mol. The molecule has 2 aromatic carbocycles. The van der Waals surface area contributed by atoms with Crippen molar-refractivity contribution in [2.45, 2.75) is 37.2 Å². The molecular weight excluding hydrogens is 264 g/mol. The second-order valence-corrected chi connectivity index (χ2v) is 6.17. The van der Waals surface area contributed by atoms with E-state index in [2.05, 4.69) is 55.5 Å². The minimum absolute atomic E-state index is 0.219. The molecule has 0 aliphatic heterocycles. The number of thioether (sulfide) groups is 1. The van der Waals surface area contributed by atoms with Gasteiger partial charge in [-0.3, -0.25) is 0 Å². The molecular formula is C18H22OS.